The van der Waals surface area contributed by atoms with Crippen LogP contribution in [-0.4, -0.2) is 20.7 Å². The van der Waals surface area contributed by atoms with Crippen molar-refractivity contribution < 1.29 is 4.79 Å². The lowest BCUT2D eigenvalue weighted by molar-refractivity contribution is -0.115. The van der Waals surface area contributed by atoms with Gasteiger partial charge in [0, 0.05) is 16.8 Å². The zero-order valence-electron chi connectivity index (χ0n) is 14.3. The highest BCUT2D eigenvalue weighted by molar-refractivity contribution is 7.12. The molecule has 6 heteroatoms. The number of nitrogens with one attached hydrogen (secondary N) is 1. The van der Waals surface area contributed by atoms with E-state index in [4.69, 9.17) is 0 Å². The summed E-state index contributed by atoms with van der Waals surface area (Å²) in [4.78, 5) is 16.8. The van der Waals surface area contributed by atoms with E-state index in [1.165, 1.54) is 16.9 Å². The van der Waals surface area contributed by atoms with Crippen molar-refractivity contribution in [1.82, 2.24) is 14.8 Å². The van der Waals surface area contributed by atoms with Crippen molar-refractivity contribution in [3.8, 4) is 5.13 Å². The molecule has 0 aliphatic carbocycles. The Morgan fingerprint density at radius 2 is 1.96 bits per heavy atom. The lowest BCUT2D eigenvalue weighted by Gasteiger charge is -2.06. The normalized spacial score (nSPS) is 10.8. The molecule has 0 fully saturated rings. The summed E-state index contributed by atoms with van der Waals surface area (Å²) >= 11 is 1.49. The van der Waals surface area contributed by atoms with Crippen LogP contribution in [-0.2, 0) is 11.2 Å². The van der Waals surface area contributed by atoms with Crippen LogP contribution in [0.3, 0.4) is 0 Å². The molecule has 2 aromatic heterocycles. The summed E-state index contributed by atoms with van der Waals surface area (Å²) in [5.74, 6) is -0.0662. The number of thiazole rings is 1. The van der Waals surface area contributed by atoms with Crippen LogP contribution >= 0.6 is 11.3 Å². The van der Waals surface area contributed by atoms with Crippen LogP contribution in [0.2, 0.25) is 0 Å². The quantitative estimate of drug-likeness (QED) is 0.787. The van der Waals surface area contributed by atoms with Crippen LogP contribution in [0.5, 0.6) is 0 Å². The number of carbonyl (C=O) groups is 1. The Balaban J connectivity index is 1.69. The molecular formula is C18H20N4OS. The number of nitrogens with zero attached hydrogens (tertiary/aromatic N) is 3. The molecule has 1 amide bonds. The van der Waals surface area contributed by atoms with Gasteiger partial charge in [-0.05, 0) is 57.0 Å². The van der Waals surface area contributed by atoms with E-state index in [1.807, 2.05) is 55.1 Å². The van der Waals surface area contributed by atoms with Gasteiger partial charge < -0.3 is 5.32 Å². The fraction of sp³-hybridized carbons (Fsp3) is 0.278. The summed E-state index contributed by atoms with van der Waals surface area (Å²) in [6, 6.07) is 7.92. The van der Waals surface area contributed by atoms with Crippen molar-refractivity contribution in [3.63, 3.8) is 0 Å². The predicted octanol–water partition coefficient (Wildman–Crippen LogP) is 3.74. The van der Waals surface area contributed by atoms with Crippen LogP contribution < -0.4 is 5.32 Å². The fourth-order valence-corrected chi connectivity index (χ4v) is 3.32. The number of aromatic nitrogens is 3. The van der Waals surface area contributed by atoms with Crippen molar-refractivity contribution in [2.24, 2.45) is 0 Å². The second-order valence-corrected chi connectivity index (χ2v) is 6.82. The van der Waals surface area contributed by atoms with Gasteiger partial charge in [-0.1, -0.05) is 6.07 Å². The minimum Gasteiger partial charge on any atom is -0.326 e. The molecule has 0 aliphatic heterocycles. The maximum Gasteiger partial charge on any atom is 0.230 e. The third-order valence-electron chi connectivity index (χ3n) is 3.86. The number of hydrogen-bond acceptors (Lipinski definition) is 4. The van der Waals surface area contributed by atoms with E-state index >= 15 is 0 Å². The Bertz CT molecular complexity index is 894. The molecule has 0 aliphatic rings. The first-order valence-electron chi connectivity index (χ1n) is 7.77. The summed E-state index contributed by atoms with van der Waals surface area (Å²) < 4.78 is 1.81. The molecular weight excluding hydrogens is 320 g/mol. The van der Waals surface area contributed by atoms with Gasteiger partial charge in [0.25, 0.3) is 0 Å². The van der Waals surface area contributed by atoms with Crippen molar-refractivity contribution in [2.45, 2.75) is 34.1 Å². The lowest BCUT2D eigenvalue weighted by Crippen LogP contribution is -2.14. The van der Waals surface area contributed by atoms with Crippen LogP contribution in [0.25, 0.3) is 5.13 Å². The van der Waals surface area contributed by atoms with Crippen molar-refractivity contribution in [2.75, 3.05) is 5.32 Å². The second kappa shape index (κ2) is 6.57. The molecule has 0 saturated heterocycles. The third-order valence-corrected chi connectivity index (χ3v) is 4.73. The molecule has 0 saturated carbocycles. The molecule has 0 radical (unpaired) electrons. The van der Waals surface area contributed by atoms with Crippen molar-refractivity contribution in [3.05, 3.63) is 57.9 Å². The highest BCUT2D eigenvalue weighted by atomic mass is 32.1. The summed E-state index contributed by atoms with van der Waals surface area (Å²) in [5, 5.41) is 10.0. The van der Waals surface area contributed by atoms with E-state index in [0.29, 0.717) is 0 Å². The molecule has 5 nitrogen and oxygen atoms in total. The van der Waals surface area contributed by atoms with Gasteiger partial charge in [0.2, 0.25) is 11.0 Å². The zero-order valence-corrected chi connectivity index (χ0v) is 15.1. The highest BCUT2D eigenvalue weighted by Gasteiger charge is 2.11. The van der Waals surface area contributed by atoms with E-state index in [1.54, 1.807) is 0 Å². The smallest absolute Gasteiger partial charge is 0.230 e. The summed E-state index contributed by atoms with van der Waals surface area (Å²) in [6.45, 7) is 8.03. The first kappa shape index (κ1) is 16.4. The molecule has 3 aromatic rings. The molecule has 0 spiro atoms. The molecule has 3 rings (SSSR count). The van der Waals surface area contributed by atoms with Crippen LogP contribution in [0, 0.1) is 27.7 Å². The van der Waals surface area contributed by atoms with E-state index in [2.05, 4.69) is 22.3 Å². The lowest BCUT2D eigenvalue weighted by atomic mass is 10.1. The maximum absolute atomic E-state index is 12.2. The van der Waals surface area contributed by atoms with Crippen LogP contribution in [0.15, 0.2) is 29.6 Å². The monoisotopic (exact) mass is 340 g/mol. The number of hydrogen-bond donors (Lipinski definition) is 1. The van der Waals surface area contributed by atoms with Crippen LogP contribution in [0.1, 0.15) is 28.2 Å². The molecule has 1 aromatic carbocycles. The van der Waals surface area contributed by atoms with E-state index in [0.717, 1.165) is 33.5 Å². The molecule has 1 N–H and O–H groups in total. The first-order valence-corrected chi connectivity index (χ1v) is 8.65. The average Bonchev–Trinajstić information content (AvgIpc) is 3.09. The number of amides is 1. The molecule has 0 bridgehead atoms. The van der Waals surface area contributed by atoms with Gasteiger partial charge in [0.05, 0.1) is 17.8 Å². The SMILES string of the molecule is Cc1cc(C)n(-c2nc(CC(=O)Nc3ccc(C)c(C)c3)cs2)n1. The summed E-state index contributed by atoms with van der Waals surface area (Å²) in [7, 11) is 0. The Morgan fingerprint density at radius 3 is 2.62 bits per heavy atom. The van der Waals surface area contributed by atoms with Gasteiger partial charge in [0.1, 0.15) is 0 Å². The number of benzene rings is 1. The number of carbonyl (C=O) groups excluding carboxylic acids is 1. The number of aryl methyl sites for hydroxylation is 4. The fourth-order valence-electron chi connectivity index (χ4n) is 2.49. The number of anilines is 1. The molecule has 2 heterocycles. The van der Waals surface area contributed by atoms with Gasteiger partial charge in [0.15, 0.2) is 0 Å². The summed E-state index contributed by atoms with van der Waals surface area (Å²) in [6.07, 6.45) is 0.253. The Kier molecular flexibility index (Phi) is 4.49. The first-order chi connectivity index (χ1) is 11.4. The van der Waals surface area contributed by atoms with Crippen molar-refractivity contribution >= 4 is 22.9 Å². The van der Waals surface area contributed by atoms with E-state index in [9.17, 15) is 4.79 Å². The molecule has 0 atom stereocenters. The minimum atomic E-state index is -0.0662. The largest absolute Gasteiger partial charge is 0.326 e. The Labute approximate surface area is 145 Å². The topological polar surface area (TPSA) is 59.8 Å². The Hall–Kier alpha value is -2.47. The van der Waals surface area contributed by atoms with Gasteiger partial charge in [-0.25, -0.2) is 9.67 Å². The minimum absolute atomic E-state index is 0.0662. The van der Waals surface area contributed by atoms with Gasteiger partial charge in [-0.2, -0.15) is 5.10 Å². The third kappa shape index (κ3) is 3.54. The van der Waals surface area contributed by atoms with E-state index < -0.39 is 0 Å². The molecule has 0 unspecified atom stereocenters. The number of rotatable bonds is 4. The molecule has 124 valence electrons. The van der Waals surface area contributed by atoms with Crippen molar-refractivity contribution in [1.29, 1.82) is 0 Å². The van der Waals surface area contributed by atoms with Gasteiger partial charge in [-0.3, -0.25) is 4.79 Å². The predicted molar refractivity (Wildman–Crippen MR) is 97.0 cm³/mol. The van der Waals surface area contributed by atoms with E-state index in [-0.39, 0.29) is 12.3 Å². The second-order valence-electron chi connectivity index (χ2n) is 5.98. The maximum atomic E-state index is 12.2. The Morgan fingerprint density at radius 1 is 1.17 bits per heavy atom. The summed E-state index contributed by atoms with van der Waals surface area (Å²) in [5.41, 5.74) is 5.93. The van der Waals surface area contributed by atoms with Gasteiger partial charge in [-0.15, -0.1) is 11.3 Å². The van der Waals surface area contributed by atoms with Crippen LogP contribution in [0.4, 0.5) is 5.69 Å². The zero-order chi connectivity index (χ0) is 17.3. The molecule has 24 heavy (non-hydrogen) atoms. The standard InChI is InChI=1S/C18H20N4OS/c1-11-5-6-15(7-12(11)2)19-17(23)9-16-10-24-18(20-16)22-14(4)8-13(3)21-22/h5-8,10H,9H2,1-4H3,(H,19,23). The van der Waals surface area contributed by atoms with Gasteiger partial charge >= 0.3 is 0 Å². The highest BCUT2D eigenvalue weighted by Crippen LogP contribution is 2.18. The average molecular weight is 340 g/mol.